The average Bonchev–Trinajstić information content (AvgIpc) is 2.54. The van der Waals surface area contributed by atoms with Crippen molar-refractivity contribution in [1.29, 1.82) is 0 Å². The molecule has 14 heavy (non-hydrogen) atoms. The van der Waals surface area contributed by atoms with E-state index in [1.165, 1.54) is 25.9 Å². The van der Waals surface area contributed by atoms with Gasteiger partial charge in [-0.2, -0.15) is 0 Å². The average molecular weight is 192 g/mol. The molecule has 4 nitrogen and oxygen atoms in total. The summed E-state index contributed by atoms with van der Waals surface area (Å²) in [4.78, 5) is 15.2. The van der Waals surface area contributed by atoms with Crippen LogP contribution in [0.3, 0.4) is 0 Å². The highest BCUT2D eigenvalue weighted by atomic mass is 15.2. The van der Waals surface area contributed by atoms with E-state index in [4.69, 9.17) is 0 Å². The Bertz CT molecular complexity index is 298. The quantitative estimate of drug-likeness (QED) is 0.703. The molecular weight excluding hydrogens is 176 g/mol. The van der Waals surface area contributed by atoms with Crippen LogP contribution in [0, 0.1) is 13.8 Å². The molecule has 0 atom stereocenters. The van der Waals surface area contributed by atoms with Crippen LogP contribution in [-0.4, -0.2) is 32.9 Å². The van der Waals surface area contributed by atoms with E-state index in [2.05, 4.69) is 19.9 Å². The van der Waals surface area contributed by atoms with Gasteiger partial charge in [0, 0.05) is 0 Å². The van der Waals surface area contributed by atoms with E-state index in [0.717, 1.165) is 24.0 Å². The van der Waals surface area contributed by atoms with Gasteiger partial charge >= 0.3 is 0 Å². The van der Waals surface area contributed by atoms with Crippen molar-refractivity contribution in [2.24, 2.45) is 0 Å². The number of aromatic nitrogens is 3. The topological polar surface area (TPSA) is 41.9 Å². The van der Waals surface area contributed by atoms with E-state index in [1.54, 1.807) is 0 Å². The van der Waals surface area contributed by atoms with Crippen molar-refractivity contribution >= 4 is 0 Å². The molecule has 2 heterocycles. The second-order valence-corrected chi connectivity index (χ2v) is 3.83. The molecule has 0 spiro atoms. The highest BCUT2D eigenvalue weighted by molar-refractivity contribution is 4.94. The van der Waals surface area contributed by atoms with E-state index >= 15 is 0 Å². The number of hydrogen-bond donors (Lipinski definition) is 0. The predicted molar refractivity (Wildman–Crippen MR) is 53.8 cm³/mol. The lowest BCUT2D eigenvalue weighted by Crippen LogP contribution is -2.20. The van der Waals surface area contributed by atoms with Gasteiger partial charge in [0.2, 0.25) is 0 Å². The minimum Gasteiger partial charge on any atom is -0.296 e. The Balaban J connectivity index is 2.07. The fourth-order valence-corrected chi connectivity index (χ4v) is 1.89. The van der Waals surface area contributed by atoms with E-state index in [0.29, 0.717) is 0 Å². The summed E-state index contributed by atoms with van der Waals surface area (Å²) < 4.78 is 0. The molecule has 0 amide bonds. The Morgan fingerprint density at radius 2 is 1.57 bits per heavy atom. The van der Waals surface area contributed by atoms with Crippen LogP contribution in [0.1, 0.15) is 30.3 Å². The Hall–Kier alpha value is -1.03. The van der Waals surface area contributed by atoms with Crippen molar-refractivity contribution in [1.82, 2.24) is 19.9 Å². The van der Waals surface area contributed by atoms with Crippen molar-refractivity contribution < 1.29 is 0 Å². The Labute approximate surface area is 84.4 Å². The highest BCUT2D eigenvalue weighted by Crippen LogP contribution is 2.10. The second kappa shape index (κ2) is 4.00. The highest BCUT2D eigenvalue weighted by Gasteiger charge is 2.13. The first-order valence-corrected chi connectivity index (χ1v) is 5.14. The molecule has 0 saturated carbocycles. The number of hydrogen-bond acceptors (Lipinski definition) is 4. The lowest BCUT2D eigenvalue weighted by Gasteiger charge is -2.13. The minimum absolute atomic E-state index is 0.826. The molecule has 1 aliphatic rings. The third-order valence-corrected chi connectivity index (χ3v) is 2.47. The van der Waals surface area contributed by atoms with Crippen LogP contribution in [0.5, 0.6) is 0 Å². The van der Waals surface area contributed by atoms with Gasteiger partial charge in [0.25, 0.3) is 0 Å². The summed E-state index contributed by atoms with van der Waals surface area (Å²) in [6, 6.07) is 0. The monoisotopic (exact) mass is 192 g/mol. The summed E-state index contributed by atoms with van der Waals surface area (Å²) in [7, 11) is 0. The molecule has 1 aromatic heterocycles. The van der Waals surface area contributed by atoms with Crippen molar-refractivity contribution in [3.63, 3.8) is 0 Å². The Morgan fingerprint density at radius 1 is 1.00 bits per heavy atom. The fraction of sp³-hybridized carbons (Fsp3) is 0.700. The van der Waals surface area contributed by atoms with Crippen LogP contribution in [-0.2, 0) is 6.54 Å². The maximum atomic E-state index is 4.33. The minimum atomic E-state index is 0.826. The van der Waals surface area contributed by atoms with Crippen molar-refractivity contribution in [3.05, 3.63) is 17.5 Å². The maximum absolute atomic E-state index is 4.33. The molecular formula is C10H16N4. The van der Waals surface area contributed by atoms with Crippen molar-refractivity contribution in [3.8, 4) is 0 Å². The van der Waals surface area contributed by atoms with Gasteiger partial charge in [-0.3, -0.25) is 4.90 Å². The third-order valence-electron chi connectivity index (χ3n) is 2.47. The van der Waals surface area contributed by atoms with E-state index in [-0.39, 0.29) is 0 Å². The first kappa shape index (κ1) is 9.52. The molecule has 0 radical (unpaired) electrons. The van der Waals surface area contributed by atoms with Gasteiger partial charge in [0.1, 0.15) is 17.5 Å². The number of nitrogens with zero attached hydrogens (tertiary/aromatic N) is 4. The van der Waals surface area contributed by atoms with E-state index in [1.807, 2.05) is 13.8 Å². The van der Waals surface area contributed by atoms with Crippen molar-refractivity contribution in [2.45, 2.75) is 33.2 Å². The first-order valence-electron chi connectivity index (χ1n) is 5.14. The molecule has 4 heteroatoms. The smallest absolute Gasteiger partial charge is 0.146 e. The molecule has 76 valence electrons. The SMILES string of the molecule is Cc1nc(C)nc(CN2CCCC2)n1. The summed E-state index contributed by atoms with van der Waals surface area (Å²) in [5.41, 5.74) is 0. The second-order valence-electron chi connectivity index (χ2n) is 3.83. The van der Waals surface area contributed by atoms with Crippen LogP contribution in [0.2, 0.25) is 0 Å². The zero-order valence-corrected chi connectivity index (χ0v) is 8.82. The fourth-order valence-electron chi connectivity index (χ4n) is 1.89. The number of rotatable bonds is 2. The summed E-state index contributed by atoms with van der Waals surface area (Å²) in [6.07, 6.45) is 2.62. The van der Waals surface area contributed by atoms with Gasteiger partial charge in [-0.05, 0) is 39.8 Å². The lowest BCUT2D eigenvalue weighted by molar-refractivity contribution is 0.321. The van der Waals surface area contributed by atoms with Gasteiger partial charge in [-0.15, -0.1) is 0 Å². The molecule has 0 aromatic carbocycles. The van der Waals surface area contributed by atoms with Gasteiger partial charge in [-0.1, -0.05) is 0 Å². The Morgan fingerprint density at radius 3 is 2.14 bits per heavy atom. The van der Waals surface area contributed by atoms with Gasteiger partial charge in [-0.25, -0.2) is 15.0 Å². The van der Waals surface area contributed by atoms with Crippen LogP contribution in [0.4, 0.5) is 0 Å². The lowest BCUT2D eigenvalue weighted by atomic mass is 10.4. The molecule has 2 rings (SSSR count). The first-order chi connectivity index (χ1) is 6.74. The molecule has 0 N–H and O–H groups in total. The van der Waals surface area contributed by atoms with Gasteiger partial charge in [0.15, 0.2) is 0 Å². The standard InChI is InChI=1S/C10H16N4/c1-8-11-9(2)13-10(12-8)7-14-5-3-4-6-14/h3-7H2,1-2H3. The van der Waals surface area contributed by atoms with E-state index in [9.17, 15) is 0 Å². The normalized spacial score (nSPS) is 17.6. The van der Waals surface area contributed by atoms with Crippen LogP contribution >= 0.6 is 0 Å². The molecule has 0 unspecified atom stereocenters. The van der Waals surface area contributed by atoms with Crippen molar-refractivity contribution in [2.75, 3.05) is 13.1 Å². The summed E-state index contributed by atoms with van der Waals surface area (Å²) in [5, 5.41) is 0. The van der Waals surface area contributed by atoms with Gasteiger partial charge < -0.3 is 0 Å². The number of aryl methyl sites for hydroxylation is 2. The Kier molecular flexibility index (Phi) is 2.72. The summed E-state index contributed by atoms with van der Waals surface area (Å²) in [6.45, 7) is 7.09. The molecule has 1 fully saturated rings. The number of likely N-dealkylation sites (tertiary alicyclic amines) is 1. The third kappa shape index (κ3) is 2.26. The maximum Gasteiger partial charge on any atom is 0.146 e. The molecule has 0 bridgehead atoms. The van der Waals surface area contributed by atoms with Crippen LogP contribution in [0.15, 0.2) is 0 Å². The molecule has 1 aliphatic heterocycles. The molecule has 0 aliphatic carbocycles. The van der Waals surface area contributed by atoms with E-state index < -0.39 is 0 Å². The zero-order valence-electron chi connectivity index (χ0n) is 8.82. The summed E-state index contributed by atoms with van der Waals surface area (Å²) >= 11 is 0. The van der Waals surface area contributed by atoms with Crippen LogP contribution in [0.25, 0.3) is 0 Å². The molecule has 1 aromatic rings. The molecule has 1 saturated heterocycles. The van der Waals surface area contributed by atoms with Crippen LogP contribution < -0.4 is 0 Å². The summed E-state index contributed by atoms with van der Waals surface area (Å²) in [5.74, 6) is 2.57. The largest absolute Gasteiger partial charge is 0.296 e. The zero-order chi connectivity index (χ0) is 9.97. The van der Waals surface area contributed by atoms with Gasteiger partial charge in [0.05, 0.1) is 6.54 Å². The predicted octanol–water partition coefficient (Wildman–Crippen LogP) is 1.08.